The van der Waals surface area contributed by atoms with Crippen molar-refractivity contribution >= 4 is 40.4 Å². The van der Waals surface area contributed by atoms with Crippen LogP contribution in [-0.2, 0) is 16.0 Å². The second-order valence-electron chi connectivity index (χ2n) is 6.17. The molecule has 0 aliphatic rings. The second-order valence-corrected chi connectivity index (χ2v) is 7.43. The van der Waals surface area contributed by atoms with Crippen LogP contribution in [0.5, 0.6) is 0 Å². The van der Waals surface area contributed by atoms with Crippen molar-refractivity contribution in [2.24, 2.45) is 0 Å². The fourth-order valence-corrected chi connectivity index (χ4v) is 3.76. The van der Waals surface area contributed by atoms with Gasteiger partial charge >= 0.3 is 0 Å². The van der Waals surface area contributed by atoms with E-state index in [1.807, 2.05) is 19.9 Å². The molecule has 2 N–H and O–H groups in total. The summed E-state index contributed by atoms with van der Waals surface area (Å²) >= 11 is 1.47. The molecule has 2 aromatic rings. The van der Waals surface area contributed by atoms with Gasteiger partial charge < -0.3 is 15.5 Å². The molecule has 0 unspecified atom stereocenters. The Bertz CT molecular complexity index is 827. The first-order valence-corrected chi connectivity index (χ1v) is 9.71. The lowest BCUT2D eigenvalue weighted by atomic mass is 10.2. The van der Waals surface area contributed by atoms with Gasteiger partial charge in [-0.25, -0.2) is 0 Å². The number of nitrogens with one attached hydrogen (secondary N) is 2. The van der Waals surface area contributed by atoms with Crippen LogP contribution in [0.25, 0.3) is 0 Å². The average Bonchev–Trinajstić information content (AvgIpc) is 3.01. The van der Waals surface area contributed by atoms with E-state index in [0.29, 0.717) is 22.8 Å². The van der Waals surface area contributed by atoms with Crippen LogP contribution in [0.3, 0.4) is 0 Å². The Morgan fingerprint density at radius 2 is 1.63 bits per heavy atom. The number of aryl methyl sites for hydroxylation is 2. The summed E-state index contributed by atoms with van der Waals surface area (Å²) in [5.74, 6) is -0.540. The molecule has 0 saturated carbocycles. The average molecular weight is 388 g/mol. The molecule has 0 bridgehead atoms. The number of hydrogen-bond donors (Lipinski definition) is 2. The molecule has 0 aliphatic carbocycles. The number of carbonyl (C=O) groups excluding carboxylic acids is 3. The van der Waals surface area contributed by atoms with E-state index in [9.17, 15) is 14.4 Å². The van der Waals surface area contributed by atoms with E-state index in [2.05, 4.69) is 17.6 Å². The van der Waals surface area contributed by atoms with E-state index >= 15 is 0 Å². The molecule has 0 atom stereocenters. The van der Waals surface area contributed by atoms with Gasteiger partial charge in [0.15, 0.2) is 0 Å². The SMILES string of the molecule is CCc1cc(C(=O)N(CC)CC(=O)Nc2ccc(NC(C)=O)cc2)sc1C. The Morgan fingerprint density at radius 3 is 2.11 bits per heavy atom. The van der Waals surface area contributed by atoms with Gasteiger partial charge in [-0.3, -0.25) is 14.4 Å². The maximum Gasteiger partial charge on any atom is 0.264 e. The monoisotopic (exact) mass is 387 g/mol. The molecule has 0 aliphatic heterocycles. The Hall–Kier alpha value is -2.67. The number of benzene rings is 1. The molecule has 0 radical (unpaired) electrons. The summed E-state index contributed by atoms with van der Waals surface area (Å²) < 4.78 is 0. The predicted octanol–water partition coefficient (Wildman–Crippen LogP) is 3.68. The minimum absolute atomic E-state index is 0.0127. The van der Waals surface area contributed by atoms with Gasteiger partial charge in [0, 0.05) is 29.7 Å². The second kappa shape index (κ2) is 9.32. The van der Waals surface area contributed by atoms with Gasteiger partial charge in [0.25, 0.3) is 5.91 Å². The molecular formula is C20H25N3O3S. The van der Waals surface area contributed by atoms with Crippen LogP contribution in [0.4, 0.5) is 11.4 Å². The van der Waals surface area contributed by atoms with E-state index in [-0.39, 0.29) is 24.3 Å². The highest BCUT2D eigenvalue weighted by atomic mass is 32.1. The summed E-state index contributed by atoms with van der Waals surface area (Å²) in [6.07, 6.45) is 0.886. The van der Waals surface area contributed by atoms with Crippen LogP contribution in [0.1, 0.15) is 40.9 Å². The molecule has 0 fully saturated rings. The normalized spacial score (nSPS) is 10.4. The molecule has 27 heavy (non-hydrogen) atoms. The minimum Gasteiger partial charge on any atom is -0.329 e. The standard InChI is InChI=1S/C20H25N3O3S/c1-5-15-11-18(27-13(15)3)20(26)23(6-2)12-19(25)22-17-9-7-16(8-10-17)21-14(4)24/h7-11H,5-6,12H2,1-4H3,(H,21,24)(H,22,25). The number of thiophene rings is 1. The van der Waals surface area contributed by atoms with Gasteiger partial charge in [-0.15, -0.1) is 11.3 Å². The van der Waals surface area contributed by atoms with E-state index < -0.39 is 0 Å². The van der Waals surface area contributed by atoms with E-state index in [4.69, 9.17) is 0 Å². The zero-order chi connectivity index (χ0) is 20.0. The predicted molar refractivity (Wildman–Crippen MR) is 109 cm³/mol. The van der Waals surface area contributed by atoms with E-state index in [1.54, 1.807) is 24.3 Å². The molecule has 0 spiro atoms. The van der Waals surface area contributed by atoms with Crippen LogP contribution >= 0.6 is 11.3 Å². The highest BCUT2D eigenvalue weighted by Crippen LogP contribution is 2.23. The Labute approximate surface area is 163 Å². The van der Waals surface area contributed by atoms with Gasteiger partial charge in [0.1, 0.15) is 6.54 Å². The first-order chi connectivity index (χ1) is 12.8. The number of nitrogens with zero attached hydrogens (tertiary/aromatic N) is 1. The van der Waals surface area contributed by atoms with Crippen LogP contribution < -0.4 is 10.6 Å². The Balaban J connectivity index is 1.99. The third-order valence-corrected chi connectivity index (χ3v) is 5.19. The van der Waals surface area contributed by atoms with Crippen LogP contribution in [-0.4, -0.2) is 35.7 Å². The summed E-state index contributed by atoms with van der Waals surface area (Å²) in [6, 6.07) is 8.75. The number of rotatable bonds is 7. The van der Waals surface area contributed by atoms with Crippen LogP contribution in [0.2, 0.25) is 0 Å². The van der Waals surface area contributed by atoms with Gasteiger partial charge in [-0.1, -0.05) is 6.92 Å². The molecule has 144 valence electrons. The number of anilines is 2. The number of carbonyl (C=O) groups is 3. The fraction of sp³-hybridized carbons (Fsp3) is 0.350. The maximum atomic E-state index is 12.7. The van der Waals surface area contributed by atoms with Gasteiger partial charge in [-0.05, 0) is 56.2 Å². The summed E-state index contributed by atoms with van der Waals surface area (Å²) in [4.78, 5) is 39.4. The zero-order valence-electron chi connectivity index (χ0n) is 16.1. The highest BCUT2D eigenvalue weighted by molar-refractivity contribution is 7.14. The molecule has 1 aromatic heterocycles. The third-order valence-electron chi connectivity index (χ3n) is 4.10. The van der Waals surface area contributed by atoms with E-state index in [1.165, 1.54) is 28.7 Å². The molecule has 0 saturated heterocycles. The molecule has 7 heteroatoms. The topological polar surface area (TPSA) is 78.5 Å². The number of likely N-dealkylation sites (N-methyl/N-ethyl adjacent to an activating group) is 1. The van der Waals surface area contributed by atoms with Crippen molar-refractivity contribution in [3.63, 3.8) is 0 Å². The number of hydrogen-bond acceptors (Lipinski definition) is 4. The summed E-state index contributed by atoms with van der Waals surface area (Å²) in [7, 11) is 0. The molecule has 3 amide bonds. The van der Waals surface area contributed by atoms with Crippen LogP contribution in [0.15, 0.2) is 30.3 Å². The first-order valence-electron chi connectivity index (χ1n) is 8.90. The van der Waals surface area contributed by atoms with Gasteiger partial charge in [-0.2, -0.15) is 0 Å². The van der Waals surface area contributed by atoms with Crippen molar-refractivity contribution in [3.05, 3.63) is 45.6 Å². The molecule has 6 nitrogen and oxygen atoms in total. The fourth-order valence-electron chi connectivity index (χ4n) is 2.67. The van der Waals surface area contributed by atoms with Crippen molar-refractivity contribution in [1.82, 2.24) is 4.90 Å². The molecule has 1 aromatic carbocycles. The number of amides is 3. The van der Waals surface area contributed by atoms with Gasteiger partial charge in [0.05, 0.1) is 4.88 Å². The Kier molecular flexibility index (Phi) is 7.12. The lowest BCUT2D eigenvalue weighted by Crippen LogP contribution is -2.37. The highest BCUT2D eigenvalue weighted by Gasteiger charge is 2.20. The lowest BCUT2D eigenvalue weighted by molar-refractivity contribution is -0.117. The largest absolute Gasteiger partial charge is 0.329 e. The van der Waals surface area contributed by atoms with Crippen molar-refractivity contribution in [2.45, 2.75) is 34.1 Å². The summed E-state index contributed by atoms with van der Waals surface area (Å²) in [6.45, 7) is 7.80. The van der Waals surface area contributed by atoms with Crippen molar-refractivity contribution < 1.29 is 14.4 Å². The Morgan fingerprint density at radius 1 is 1.04 bits per heavy atom. The summed E-state index contributed by atoms with van der Waals surface area (Å²) in [5.41, 5.74) is 2.44. The van der Waals surface area contributed by atoms with Crippen molar-refractivity contribution in [2.75, 3.05) is 23.7 Å². The maximum absolute atomic E-state index is 12.7. The zero-order valence-corrected chi connectivity index (χ0v) is 16.9. The minimum atomic E-state index is -0.263. The third kappa shape index (κ3) is 5.65. The van der Waals surface area contributed by atoms with Crippen molar-refractivity contribution in [1.29, 1.82) is 0 Å². The van der Waals surface area contributed by atoms with Crippen molar-refractivity contribution in [3.8, 4) is 0 Å². The van der Waals surface area contributed by atoms with E-state index in [0.717, 1.165) is 11.3 Å². The van der Waals surface area contributed by atoms with Crippen LogP contribution in [0, 0.1) is 6.92 Å². The molecular weight excluding hydrogens is 362 g/mol. The molecule has 1 heterocycles. The van der Waals surface area contributed by atoms with Gasteiger partial charge in [0.2, 0.25) is 11.8 Å². The lowest BCUT2D eigenvalue weighted by Gasteiger charge is -2.19. The summed E-state index contributed by atoms with van der Waals surface area (Å²) in [5, 5.41) is 5.45. The first kappa shape index (κ1) is 20.6. The smallest absolute Gasteiger partial charge is 0.264 e. The molecule has 2 rings (SSSR count). The quantitative estimate of drug-likeness (QED) is 0.761.